The number of hydrogen-bond acceptors (Lipinski definition) is 4. The number of amides is 2. The molecule has 0 spiro atoms. The van der Waals surface area contributed by atoms with Crippen molar-refractivity contribution in [3.05, 3.63) is 59.2 Å². The van der Waals surface area contributed by atoms with Crippen LogP contribution in [-0.4, -0.2) is 22.8 Å². The number of halogens is 2. The minimum atomic E-state index is -0.778. The van der Waals surface area contributed by atoms with E-state index in [2.05, 4.69) is 15.6 Å². The molecular formula is C20H19F2N3O2S. The number of nitrogens with zero attached hydrogens (tertiary/aromatic N) is 1. The molecule has 2 N–H and O–H groups in total. The van der Waals surface area contributed by atoms with Gasteiger partial charge in [-0.25, -0.2) is 13.8 Å². The van der Waals surface area contributed by atoms with E-state index in [0.717, 1.165) is 34.0 Å². The molecule has 0 bridgehead atoms. The lowest BCUT2D eigenvalue weighted by Gasteiger charge is -2.16. The summed E-state index contributed by atoms with van der Waals surface area (Å²) in [4.78, 5) is 29.1. The number of carbonyl (C=O) groups is 2. The monoisotopic (exact) mass is 403 g/mol. The third kappa shape index (κ3) is 4.89. The predicted molar refractivity (Wildman–Crippen MR) is 105 cm³/mol. The van der Waals surface area contributed by atoms with Gasteiger partial charge >= 0.3 is 0 Å². The van der Waals surface area contributed by atoms with Crippen molar-refractivity contribution in [3.63, 3.8) is 0 Å². The van der Waals surface area contributed by atoms with Crippen molar-refractivity contribution in [2.45, 2.75) is 32.7 Å². The van der Waals surface area contributed by atoms with Crippen LogP contribution >= 0.6 is 11.3 Å². The fraction of sp³-hybridized carbons (Fsp3) is 0.250. The first-order chi connectivity index (χ1) is 13.3. The standard InChI is InChI=1S/C20H19F2N3O2S/c1-3-15(23-18(26)9-12-7-13(21)10-14(22)8-12)19(27)25-20-24-16-5-4-11(2)6-17(16)28-20/h4-8,10,15H,3,9H2,1-2H3,(H,23,26)(H,24,25,27). The minimum absolute atomic E-state index is 0.201. The van der Waals surface area contributed by atoms with Crippen LogP contribution in [0, 0.1) is 18.6 Å². The van der Waals surface area contributed by atoms with Crippen molar-refractivity contribution in [1.82, 2.24) is 10.3 Å². The first-order valence-corrected chi connectivity index (χ1v) is 9.58. The van der Waals surface area contributed by atoms with Crippen molar-refractivity contribution in [2.75, 3.05) is 5.32 Å². The molecule has 0 aliphatic rings. The Morgan fingerprint density at radius 2 is 1.86 bits per heavy atom. The topological polar surface area (TPSA) is 71.1 Å². The molecule has 146 valence electrons. The van der Waals surface area contributed by atoms with Crippen LogP contribution in [0.5, 0.6) is 0 Å². The van der Waals surface area contributed by atoms with Gasteiger partial charge in [0, 0.05) is 6.07 Å². The molecule has 1 aromatic heterocycles. The zero-order valence-electron chi connectivity index (χ0n) is 15.4. The van der Waals surface area contributed by atoms with E-state index in [1.54, 1.807) is 6.92 Å². The number of carbonyl (C=O) groups excluding carboxylic acids is 2. The second kappa shape index (κ2) is 8.43. The molecule has 1 atom stereocenters. The van der Waals surface area contributed by atoms with E-state index in [-0.39, 0.29) is 12.0 Å². The number of aromatic nitrogens is 1. The molecule has 0 fully saturated rings. The summed E-state index contributed by atoms with van der Waals surface area (Å²) in [5.41, 5.74) is 2.09. The summed E-state index contributed by atoms with van der Waals surface area (Å²) < 4.78 is 27.5. The van der Waals surface area contributed by atoms with Crippen molar-refractivity contribution in [3.8, 4) is 0 Å². The van der Waals surface area contributed by atoms with Gasteiger partial charge in [-0.05, 0) is 48.7 Å². The van der Waals surface area contributed by atoms with Crippen molar-refractivity contribution < 1.29 is 18.4 Å². The van der Waals surface area contributed by atoms with Gasteiger partial charge in [-0.1, -0.05) is 24.3 Å². The first-order valence-electron chi connectivity index (χ1n) is 8.76. The average Bonchev–Trinajstić information content (AvgIpc) is 2.99. The van der Waals surface area contributed by atoms with Crippen LogP contribution in [0.15, 0.2) is 36.4 Å². The Hall–Kier alpha value is -2.87. The number of benzene rings is 2. The van der Waals surface area contributed by atoms with Gasteiger partial charge in [-0.15, -0.1) is 0 Å². The fourth-order valence-electron chi connectivity index (χ4n) is 2.77. The average molecular weight is 403 g/mol. The maximum Gasteiger partial charge on any atom is 0.248 e. The summed E-state index contributed by atoms with van der Waals surface area (Å²) in [6.45, 7) is 3.73. The Bertz CT molecular complexity index is 1020. The molecular weight excluding hydrogens is 384 g/mol. The second-order valence-corrected chi connectivity index (χ2v) is 7.49. The Balaban J connectivity index is 1.64. The van der Waals surface area contributed by atoms with Crippen LogP contribution in [0.25, 0.3) is 10.2 Å². The van der Waals surface area contributed by atoms with E-state index in [1.165, 1.54) is 11.3 Å². The highest BCUT2D eigenvalue weighted by atomic mass is 32.1. The van der Waals surface area contributed by atoms with Gasteiger partial charge in [-0.2, -0.15) is 0 Å². The normalized spacial score (nSPS) is 12.0. The van der Waals surface area contributed by atoms with E-state index >= 15 is 0 Å². The third-order valence-corrected chi connectivity index (χ3v) is 5.05. The highest BCUT2D eigenvalue weighted by Gasteiger charge is 2.20. The number of anilines is 1. The molecule has 28 heavy (non-hydrogen) atoms. The summed E-state index contributed by atoms with van der Waals surface area (Å²) in [5, 5.41) is 5.77. The molecule has 2 amide bonds. The molecule has 2 aromatic carbocycles. The molecule has 3 aromatic rings. The summed E-state index contributed by atoms with van der Waals surface area (Å²) in [7, 11) is 0. The van der Waals surface area contributed by atoms with Crippen LogP contribution < -0.4 is 10.6 Å². The highest BCUT2D eigenvalue weighted by molar-refractivity contribution is 7.22. The number of rotatable bonds is 6. The third-order valence-electron chi connectivity index (χ3n) is 4.12. The van der Waals surface area contributed by atoms with Crippen LogP contribution in [0.4, 0.5) is 13.9 Å². The van der Waals surface area contributed by atoms with E-state index in [9.17, 15) is 18.4 Å². The Morgan fingerprint density at radius 3 is 2.54 bits per heavy atom. The smallest absolute Gasteiger partial charge is 0.248 e. The molecule has 0 aliphatic heterocycles. The Labute approximate surface area is 164 Å². The Kier molecular flexibility index (Phi) is 5.99. The van der Waals surface area contributed by atoms with Gasteiger partial charge in [0.05, 0.1) is 16.6 Å². The molecule has 1 heterocycles. The number of thiazole rings is 1. The van der Waals surface area contributed by atoms with Crippen molar-refractivity contribution in [2.24, 2.45) is 0 Å². The first kappa shape index (κ1) is 19.9. The predicted octanol–water partition coefficient (Wildman–Crippen LogP) is 3.96. The molecule has 0 saturated carbocycles. The molecule has 0 aliphatic carbocycles. The maximum absolute atomic E-state index is 13.2. The van der Waals surface area contributed by atoms with Crippen LogP contribution in [0.3, 0.4) is 0 Å². The molecule has 8 heteroatoms. The lowest BCUT2D eigenvalue weighted by Crippen LogP contribution is -2.44. The quantitative estimate of drug-likeness (QED) is 0.655. The van der Waals surface area contributed by atoms with Crippen molar-refractivity contribution in [1.29, 1.82) is 0 Å². The van der Waals surface area contributed by atoms with Crippen LogP contribution in [-0.2, 0) is 16.0 Å². The number of nitrogens with one attached hydrogen (secondary N) is 2. The largest absolute Gasteiger partial charge is 0.344 e. The van der Waals surface area contributed by atoms with Gasteiger partial charge in [0.25, 0.3) is 0 Å². The molecule has 3 rings (SSSR count). The van der Waals surface area contributed by atoms with E-state index in [1.807, 2.05) is 25.1 Å². The lowest BCUT2D eigenvalue weighted by molar-refractivity contribution is -0.126. The molecule has 1 unspecified atom stereocenters. The number of hydrogen-bond donors (Lipinski definition) is 2. The van der Waals surface area contributed by atoms with E-state index < -0.39 is 29.5 Å². The van der Waals surface area contributed by atoms with E-state index in [4.69, 9.17) is 0 Å². The molecule has 0 radical (unpaired) electrons. The van der Waals surface area contributed by atoms with Gasteiger partial charge in [-0.3, -0.25) is 9.59 Å². The van der Waals surface area contributed by atoms with Gasteiger partial charge in [0.2, 0.25) is 11.8 Å². The maximum atomic E-state index is 13.2. The molecule has 5 nitrogen and oxygen atoms in total. The second-order valence-electron chi connectivity index (χ2n) is 6.46. The zero-order chi connectivity index (χ0) is 20.3. The fourth-order valence-corrected chi connectivity index (χ4v) is 3.74. The summed E-state index contributed by atoms with van der Waals surface area (Å²) in [6, 6.07) is 7.95. The van der Waals surface area contributed by atoms with Crippen LogP contribution in [0.2, 0.25) is 0 Å². The zero-order valence-corrected chi connectivity index (χ0v) is 16.2. The summed E-state index contributed by atoms with van der Waals surface area (Å²) in [5.74, 6) is -2.39. The van der Waals surface area contributed by atoms with Gasteiger partial charge in [0.1, 0.15) is 17.7 Å². The van der Waals surface area contributed by atoms with Gasteiger partial charge in [0.15, 0.2) is 5.13 Å². The summed E-state index contributed by atoms with van der Waals surface area (Å²) in [6.07, 6.45) is 0.137. The van der Waals surface area contributed by atoms with Gasteiger partial charge < -0.3 is 10.6 Å². The van der Waals surface area contributed by atoms with E-state index in [0.29, 0.717) is 11.6 Å². The Morgan fingerprint density at radius 1 is 1.14 bits per heavy atom. The van der Waals surface area contributed by atoms with Crippen molar-refractivity contribution >= 4 is 38.5 Å². The molecule has 0 saturated heterocycles. The number of aryl methyl sites for hydroxylation is 1. The number of fused-ring (bicyclic) bond motifs is 1. The minimum Gasteiger partial charge on any atom is -0.344 e. The SMILES string of the molecule is CCC(NC(=O)Cc1cc(F)cc(F)c1)C(=O)Nc1nc2ccc(C)cc2s1. The lowest BCUT2D eigenvalue weighted by atomic mass is 10.1. The van der Waals surface area contributed by atoms with Crippen LogP contribution in [0.1, 0.15) is 24.5 Å². The summed E-state index contributed by atoms with van der Waals surface area (Å²) >= 11 is 1.35. The highest BCUT2D eigenvalue weighted by Crippen LogP contribution is 2.26.